The molecule has 0 radical (unpaired) electrons. The van der Waals surface area contributed by atoms with Gasteiger partial charge >= 0.3 is 0 Å². The fourth-order valence-corrected chi connectivity index (χ4v) is 3.93. The van der Waals surface area contributed by atoms with E-state index in [-0.39, 0.29) is 16.1 Å². The van der Waals surface area contributed by atoms with E-state index < -0.39 is 10.0 Å². The highest BCUT2D eigenvalue weighted by atomic mass is 32.2. The number of nitrogens with one attached hydrogen (secondary N) is 1. The van der Waals surface area contributed by atoms with Crippen molar-refractivity contribution in [2.75, 3.05) is 4.72 Å². The zero-order chi connectivity index (χ0) is 19.7. The molecule has 140 valence electrons. The highest BCUT2D eigenvalue weighted by Crippen LogP contribution is 2.24. The van der Waals surface area contributed by atoms with Crippen LogP contribution in [-0.4, -0.2) is 13.5 Å². The van der Waals surface area contributed by atoms with E-state index >= 15 is 0 Å². The van der Waals surface area contributed by atoms with Crippen LogP contribution >= 0.6 is 0 Å². The molecule has 1 heterocycles. The molecule has 0 bridgehead atoms. The van der Waals surface area contributed by atoms with Gasteiger partial charge in [-0.1, -0.05) is 30.3 Å². The van der Waals surface area contributed by atoms with Crippen molar-refractivity contribution in [2.45, 2.75) is 4.90 Å². The number of phenolic OH excluding ortho intramolecular Hbond substituents is 1. The molecule has 6 nitrogen and oxygen atoms in total. The van der Waals surface area contributed by atoms with Gasteiger partial charge in [0.2, 0.25) is 0 Å². The predicted molar refractivity (Wildman–Crippen MR) is 107 cm³/mol. The summed E-state index contributed by atoms with van der Waals surface area (Å²) in [5.41, 5.74) is 1.37. The number of fused-ring (bicyclic) bond motifs is 1. The molecule has 0 saturated carbocycles. The van der Waals surface area contributed by atoms with Crippen LogP contribution in [0.2, 0.25) is 0 Å². The third kappa shape index (κ3) is 3.35. The maximum atomic E-state index is 12.7. The molecule has 0 aliphatic rings. The van der Waals surface area contributed by atoms with Gasteiger partial charge in [-0.25, -0.2) is 8.42 Å². The van der Waals surface area contributed by atoms with Crippen molar-refractivity contribution in [3.8, 4) is 16.9 Å². The highest BCUT2D eigenvalue weighted by Gasteiger charge is 2.14. The third-order valence-corrected chi connectivity index (χ3v) is 5.66. The number of anilines is 1. The number of hydrogen-bond donors (Lipinski definition) is 2. The molecular weight excluding hydrogens is 378 g/mol. The molecule has 0 fully saturated rings. The lowest BCUT2D eigenvalue weighted by molar-refractivity contribution is 0.474. The van der Waals surface area contributed by atoms with Crippen molar-refractivity contribution in [1.29, 1.82) is 0 Å². The summed E-state index contributed by atoms with van der Waals surface area (Å²) in [6, 6.07) is 18.8. The number of benzene rings is 3. The molecule has 0 amide bonds. The van der Waals surface area contributed by atoms with Gasteiger partial charge in [0, 0.05) is 11.8 Å². The minimum Gasteiger partial charge on any atom is -0.508 e. The van der Waals surface area contributed by atoms with Crippen LogP contribution in [-0.2, 0) is 10.0 Å². The SMILES string of the molecule is O=c1c(-c2ccc(NS(=O)(=O)c3ccccc3)cc2)coc2cc(O)ccc12. The van der Waals surface area contributed by atoms with Crippen LogP contribution in [0.5, 0.6) is 5.75 Å². The molecule has 28 heavy (non-hydrogen) atoms. The first-order valence-corrected chi connectivity index (χ1v) is 9.85. The van der Waals surface area contributed by atoms with E-state index in [1.807, 2.05) is 0 Å². The lowest BCUT2D eigenvalue weighted by Gasteiger charge is -2.09. The second kappa shape index (κ2) is 6.86. The third-order valence-electron chi connectivity index (χ3n) is 4.26. The van der Waals surface area contributed by atoms with Crippen molar-refractivity contribution in [3.63, 3.8) is 0 Å². The topological polar surface area (TPSA) is 96.6 Å². The van der Waals surface area contributed by atoms with Crippen LogP contribution in [0.25, 0.3) is 22.1 Å². The fourth-order valence-electron chi connectivity index (χ4n) is 2.85. The van der Waals surface area contributed by atoms with Crippen LogP contribution in [0.1, 0.15) is 0 Å². The average molecular weight is 393 g/mol. The van der Waals surface area contributed by atoms with E-state index in [1.54, 1.807) is 42.5 Å². The molecule has 0 aliphatic heterocycles. The quantitative estimate of drug-likeness (QED) is 0.547. The van der Waals surface area contributed by atoms with Crippen LogP contribution in [0, 0.1) is 0 Å². The molecule has 0 atom stereocenters. The van der Waals surface area contributed by atoms with E-state index in [0.717, 1.165) is 0 Å². The van der Waals surface area contributed by atoms with Crippen molar-refractivity contribution in [3.05, 3.63) is 89.3 Å². The standard InChI is InChI=1S/C21H15NO5S/c23-16-10-11-18-20(12-16)27-13-19(21(18)24)14-6-8-15(9-7-14)22-28(25,26)17-4-2-1-3-5-17/h1-13,22-23H. The lowest BCUT2D eigenvalue weighted by Crippen LogP contribution is -2.12. The summed E-state index contributed by atoms with van der Waals surface area (Å²) in [7, 11) is -3.69. The van der Waals surface area contributed by atoms with Crippen molar-refractivity contribution in [1.82, 2.24) is 0 Å². The zero-order valence-electron chi connectivity index (χ0n) is 14.5. The highest BCUT2D eigenvalue weighted by molar-refractivity contribution is 7.92. The first-order valence-electron chi connectivity index (χ1n) is 8.37. The van der Waals surface area contributed by atoms with Crippen LogP contribution in [0.3, 0.4) is 0 Å². The first kappa shape index (κ1) is 17.8. The minimum atomic E-state index is -3.69. The average Bonchev–Trinajstić information content (AvgIpc) is 2.69. The summed E-state index contributed by atoms with van der Waals surface area (Å²) in [5.74, 6) is 0.0125. The van der Waals surface area contributed by atoms with E-state index in [9.17, 15) is 18.3 Å². The maximum Gasteiger partial charge on any atom is 0.261 e. The molecule has 4 aromatic rings. The predicted octanol–water partition coefficient (Wildman–Crippen LogP) is 3.97. The molecule has 0 spiro atoms. The van der Waals surface area contributed by atoms with Gasteiger partial charge in [0.25, 0.3) is 10.0 Å². The van der Waals surface area contributed by atoms with Crippen molar-refractivity contribution >= 4 is 26.7 Å². The number of rotatable bonds is 4. The van der Waals surface area contributed by atoms with Gasteiger partial charge in [0.05, 0.1) is 15.8 Å². The molecule has 7 heteroatoms. The number of phenols is 1. The van der Waals surface area contributed by atoms with Gasteiger partial charge in [-0.3, -0.25) is 9.52 Å². The number of aromatic hydroxyl groups is 1. The van der Waals surface area contributed by atoms with Crippen molar-refractivity contribution in [2.24, 2.45) is 0 Å². The van der Waals surface area contributed by atoms with Crippen LogP contribution in [0.15, 0.2) is 93.2 Å². The molecule has 1 aromatic heterocycles. The monoisotopic (exact) mass is 393 g/mol. The summed E-state index contributed by atoms with van der Waals surface area (Å²) < 4.78 is 32.7. The van der Waals surface area contributed by atoms with Gasteiger partial charge in [-0.15, -0.1) is 0 Å². The second-order valence-corrected chi connectivity index (χ2v) is 7.84. The summed E-state index contributed by atoms with van der Waals surface area (Å²) in [4.78, 5) is 12.9. The molecule has 3 aromatic carbocycles. The fraction of sp³-hybridized carbons (Fsp3) is 0. The summed E-state index contributed by atoms with van der Waals surface area (Å²) >= 11 is 0. The Bertz CT molecular complexity index is 1310. The van der Waals surface area contributed by atoms with E-state index in [4.69, 9.17) is 4.42 Å². The summed E-state index contributed by atoms with van der Waals surface area (Å²) in [5, 5.41) is 9.85. The van der Waals surface area contributed by atoms with Crippen molar-refractivity contribution < 1.29 is 17.9 Å². The second-order valence-electron chi connectivity index (χ2n) is 6.15. The Morgan fingerprint density at radius 3 is 2.32 bits per heavy atom. The maximum absolute atomic E-state index is 12.7. The van der Waals surface area contributed by atoms with Gasteiger partial charge < -0.3 is 9.52 Å². The number of hydrogen-bond acceptors (Lipinski definition) is 5. The summed E-state index contributed by atoms with van der Waals surface area (Å²) in [6.07, 6.45) is 1.33. The Balaban J connectivity index is 1.65. The van der Waals surface area contributed by atoms with Crippen LogP contribution < -0.4 is 10.2 Å². The molecule has 0 unspecified atom stereocenters. The molecule has 0 aliphatic carbocycles. The van der Waals surface area contributed by atoms with Gasteiger partial charge in [-0.2, -0.15) is 0 Å². The van der Waals surface area contributed by atoms with Gasteiger partial charge in [0.1, 0.15) is 17.6 Å². The minimum absolute atomic E-state index is 0.0125. The Hall–Kier alpha value is -3.58. The van der Waals surface area contributed by atoms with Gasteiger partial charge in [-0.05, 0) is 42.0 Å². The Kier molecular flexibility index (Phi) is 4.37. The Morgan fingerprint density at radius 2 is 1.61 bits per heavy atom. The van der Waals surface area contributed by atoms with E-state index in [1.165, 1.54) is 36.6 Å². The zero-order valence-corrected chi connectivity index (χ0v) is 15.3. The number of sulfonamides is 1. The first-order chi connectivity index (χ1) is 13.4. The normalized spacial score (nSPS) is 11.4. The smallest absolute Gasteiger partial charge is 0.261 e. The molecular formula is C21H15NO5S. The van der Waals surface area contributed by atoms with Gasteiger partial charge in [0.15, 0.2) is 5.43 Å². The lowest BCUT2D eigenvalue weighted by atomic mass is 10.1. The van der Waals surface area contributed by atoms with E-state index in [2.05, 4.69) is 4.72 Å². The van der Waals surface area contributed by atoms with E-state index in [0.29, 0.717) is 27.8 Å². The Labute approximate surface area is 160 Å². The Morgan fingerprint density at radius 1 is 0.893 bits per heavy atom. The molecule has 4 rings (SSSR count). The molecule has 0 saturated heterocycles. The van der Waals surface area contributed by atoms with Crippen LogP contribution in [0.4, 0.5) is 5.69 Å². The summed E-state index contributed by atoms with van der Waals surface area (Å²) in [6.45, 7) is 0. The molecule has 2 N–H and O–H groups in total. The largest absolute Gasteiger partial charge is 0.508 e.